The van der Waals surface area contributed by atoms with E-state index in [1.807, 2.05) is 0 Å². The molecule has 0 saturated heterocycles. The van der Waals surface area contributed by atoms with Crippen molar-refractivity contribution < 1.29 is 29.0 Å². The van der Waals surface area contributed by atoms with Crippen LogP contribution in [0.5, 0.6) is 5.75 Å². The van der Waals surface area contributed by atoms with Crippen LogP contribution in [-0.2, 0) is 20.7 Å². The number of esters is 1. The maximum Gasteiger partial charge on any atom is 0.408 e. The number of ether oxygens (including phenoxy) is 2. The SMILES string of the molecule is COC(=O)C(Cc1ccc(O)c(C(C)=O)c1)NC(=O)OC(C)(C)C. The van der Waals surface area contributed by atoms with E-state index in [1.54, 1.807) is 26.8 Å². The van der Waals surface area contributed by atoms with Gasteiger partial charge in [-0.3, -0.25) is 4.79 Å². The van der Waals surface area contributed by atoms with Crippen molar-refractivity contribution >= 4 is 17.8 Å². The molecule has 0 radical (unpaired) electrons. The van der Waals surface area contributed by atoms with Crippen LogP contribution in [0.25, 0.3) is 0 Å². The van der Waals surface area contributed by atoms with Gasteiger partial charge in [-0.15, -0.1) is 0 Å². The first-order chi connectivity index (χ1) is 11.0. The summed E-state index contributed by atoms with van der Waals surface area (Å²) in [5.74, 6) is -1.08. The standard InChI is InChI=1S/C17H23NO6/c1-10(19)12-8-11(6-7-14(12)20)9-13(15(21)23-5)18-16(22)24-17(2,3)4/h6-8,13,20H,9H2,1-5H3,(H,18,22). The van der Waals surface area contributed by atoms with Gasteiger partial charge in [0.1, 0.15) is 17.4 Å². The van der Waals surface area contributed by atoms with Crippen molar-refractivity contribution in [1.82, 2.24) is 5.32 Å². The van der Waals surface area contributed by atoms with Crippen molar-refractivity contribution in [3.63, 3.8) is 0 Å². The second kappa shape index (κ2) is 7.81. The normalized spacial score (nSPS) is 12.2. The molecule has 1 aromatic rings. The monoisotopic (exact) mass is 337 g/mol. The predicted octanol–water partition coefficient (Wildman–Crippen LogP) is 2.20. The highest BCUT2D eigenvalue weighted by molar-refractivity contribution is 5.96. The molecule has 0 heterocycles. The third-order valence-corrected chi connectivity index (χ3v) is 3.06. The number of benzene rings is 1. The first-order valence-electron chi connectivity index (χ1n) is 7.43. The molecule has 0 bridgehead atoms. The number of hydrogen-bond acceptors (Lipinski definition) is 6. The van der Waals surface area contributed by atoms with E-state index in [1.165, 1.54) is 26.2 Å². The number of phenolic OH excluding ortho intramolecular Hbond substituents is 1. The molecule has 1 unspecified atom stereocenters. The topological polar surface area (TPSA) is 102 Å². The number of nitrogens with one attached hydrogen (secondary N) is 1. The van der Waals surface area contributed by atoms with Crippen molar-refractivity contribution in [2.45, 2.75) is 45.8 Å². The van der Waals surface area contributed by atoms with Gasteiger partial charge in [-0.05, 0) is 45.4 Å². The summed E-state index contributed by atoms with van der Waals surface area (Å²) in [6, 6.07) is 3.43. The molecule has 0 aliphatic rings. The van der Waals surface area contributed by atoms with Gasteiger partial charge < -0.3 is 19.9 Å². The van der Waals surface area contributed by atoms with Crippen LogP contribution >= 0.6 is 0 Å². The molecule has 0 fully saturated rings. The van der Waals surface area contributed by atoms with Gasteiger partial charge in [-0.1, -0.05) is 6.07 Å². The zero-order chi connectivity index (χ0) is 18.5. The molecule has 1 rings (SSSR count). The second-order valence-electron chi connectivity index (χ2n) is 6.33. The van der Waals surface area contributed by atoms with Crippen LogP contribution in [0.15, 0.2) is 18.2 Å². The third-order valence-electron chi connectivity index (χ3n) is 3.06. The Morgan fingerprint density at radius 1 is 1.25 bits per heavy atom. The van der Waals surface area contributed by atoms with E-state index in [9.17, 15) is 19.5 Å². The lowest BCUT2D eigenvalue weighted by molar-refractivity contribution is -0.143. The first kappa shape index (κ1) is 19.5. The van der Waals surface area contributed by atoms with Crippen LogP contribution in [-0.4, -0.2) is 41.7 Å². The van der Waals surface area contributed by atoms with E-state index < -0.39 is 23.7 Å². The van der Waals surface area contributed by atoms with Gasteiger partial charge in [0, 0.05) is 6.42 Å². The number of Topliss-reactive ketones (excluding diaryl/α,β-unsaturated/α-hetero) is 1. The number of amides is 1. The highest BCUT2D eigenvalue weighted by Crippen LogP contribution is 2.20. The lowest BCUT2D eigenvalue weighted by Gasteiger charge is -2.22. The van der Waals surface area contributed by atoms with Crippen LogP contribution in [0, 0.1) is 0 Å². The minimum absolute atomic E-state index is 0.0898. The number of alkyl carbamates (subject to hydrolysis) is 1. The van der Waals surface area contributed by atoms with E-state index in [-0.39, 0.29) is 23.5 Å². The van der Waals surface area contributed by atoms with Crippen molar-refractivity contribution in [3.8, 4) is 5.75 Å². The zero-order valence-corrected chi connectivity index (χ0v) is 14.5. The Labute approximate surface area is 141 Å². The van der Waals surface area contributed by atoms with Crippen LogP contribution < -0.4 is 5.32 Å². The summed E-state index contributed by atoms with van der Waals surface area (Å²) in [6.45, 7) is 6.45. The lowest BCUT2D eigenvalue weighted by Crippen LogP contribution is -2.45. The van der Waals surface area contributed by atoms with Crippen LogP contribution in [0.1, 0.15) is 43.6 Å². The smallest absolute Gasteiger partial charge is 0.408 e. The van der Waals surface area contributed by atoms with Crippen LogP contribution in [0.3, 0.4) is 0 Å². The Morgan fingerprint density at radius 2 is 1.88 bits per heavy atom. The summed E-state index contributed by atoms with van der Waals surface area (Å²) < 4.78 is 9.82. The fourth-order valence-electron chi connectivity index (χ4n) is 2.01. The Kier molecular flexibility index (Phi) is 6.34. The molecule has 132 valence electrons. The molecule has 1 amide bonds. The Morgan fingerprint density at radius 3 is 2.38 bits per heavy atom. The molecular formula is C17H23NO6. The molecule has 0 saturated carbocycles. The highest BCUT2D eigenvalue weighted by atomic mass is 16.6. The summed E-state index contributed by atoms with van der Waals surface area (Å²) in [7, 11) is 1.21. The van der Waals surface area contributed by atoms with Crippen LogP contribution in [0.2, 0.25) is 0 Å². The number of carbonyl (C=O) groups excluding carboxylic acids is 3. The van der Waals surface area contributed by atoms with Gasteiger partial charge in [-0.2, -0.15) is 0 Å². The predicted molar refractivity (Wildman–Crippen MR) is 87.0 cm³/mol. The van der Waals surface area contributed by atoms with Gasteiger partial charge >= 0.3 is 12.1 Å². The van der Waals surface area contributed by atoms with Gasteiger partial charge in [0.2, 0.25) is 0 Å². The maximum absolute atomic E-state index is 11.9. The number of carbonyl (C=O) groups is 3. The zero-order valence-electron chi connectivity index (χ0n) is 14.5. The second-order valence-corrected chi connectivity index (χ2v) is 6.33. The van der Waals surface area contributed by atoms with Crippen molar-refractivity contribution in [2.75, 3.05) is 7.11 Å². The Bertz CT molecular complexity index is 632. The molecule has 24 heavy (non-hydrogen) atoms. The first-order valence-corrected chi connectivity index (χ1v) is 7.43. The molecule has 1 aromatic carbocycles. The number of aromatic hydroxyl groups is 1. The van der Waals surface area contributed by atoms with E-state index in [0.717, 1.165) is 0 Å². The summed E-state index contributed by atoms with van der Waals surface area (Å²) in [5.41, 5.74) is 0.0308. The quantitative estimate of drug-likeness (QED) is 0.631. The number of phenols is 1. The average molecular weight is 337 g/mol. The van der Waals surface area contributed by atoms with Crippen molar-refractivity contribution in [2.24, 2.45) is 0 Å². The van der Waals surface area contributed by atoms with Crippen molar-refractivity contribution in [3.05, 3.63) is 29.3 Å². The van der Waals surface area contributed by atoms with Gasteiger partial charge in [0.15, 0.2) is 5.78 Å². The van der Waals surface area contributed by atoms with Crippen molar-refractivity contribution in [1.29, 1.82) is 0 Å². The molecule has 2 N–H and O–H groups in total. The van der Waals surface area contributed by atoms with Gasteiger partial charge in [-0.25, -0.2) is 9.59 Å². The van der Waals surface area contributed by atoms with E-state index >= 15 is 0 Å². The molecule has 7 nitrogen and oxygen atoms in total. The summed E-state index contributed by atoms with van der Waals surface area (Å²) in [6.07, 6.45) is -0.657. The Hall–Kier alpha value is -2.57. The van der Waals surface area contributed by atoms with Crippen LogP contribution in [0.4, 0.5) is 4.79 Å². The molecule has 0 aromatic heterocycles. The fraction of sp³-hybridized carbons (Fsp3) is 0.471. The number of ketones is 1. The molecule has 0 spiro atoms. The lowest BCUT2D eigenvalue weighted by atomic mass is 10.0. The average Bonchev–Trinajstić information content (AvgIpc) is 2.45. The van der Waals surface area contributed by atoms with Gasteiger partial charge in [0.25, 0.3) is 0 Å². The molecule has 1 atom stereocenters. The van der Waals surface area contributed by atoms with E-state index in [0.29, 0.717) is 5.56 Å². The maximum atomic E-state index is 11.9. The summed E-state index contributed by atoms with van der Waals surface area (Å²) >= 11 is 0. The minimum Gasteiger partial charge on any atom is -0.507 e. The molecule has 7 heteroatoms. The minimum atomic E-state index is -0.978. The summed E-state index contributed by atoms with van der Waals surface area (Å²) in [5, 5.41) is 12.1. The van der Waals surface area contributed by atoms with Gasteiger partial charge in [0.05, 0.1) is 12.7 Å². The molecule has 0 aliphatic heterocycles. The number of rotatable bonds is 5. The third kappa shape index (κ3) is 5.91. The summed E-state index contributed by atoms with van der Waals surface area (Å²) in [4.78, 5) is 35.3. The largest absolute Gasteiger partial charge is 0.507 e. The van der Waals surface area contributed by atoms with E-state index in [4.69, 9.17) is 9.47 Å². The highest BCUT2D eigenvalue weighted by Gasteiger charge is 2.25. The fourth-order valence-corrected chi connectivity index (χ4v) is 2.01. The molecule has 0 aliphatic carbocycles. The number of hydrogen-bond donors (Lipinski definition) is 2. The number of methoxy groups -OCH3 is 1. The Balaban J connectivity index is 2.95. The van der Waals surface area contributed by atoms with E-state index in [2.05, 4.69) is 5.32 Å². The molecular weight excluding hydrogens is 314 g/mol.